The molecule has 0 aliphatic heterocycles. The van der Waals surface area contributed by atoms with Gasteiger partial charge in [-0.1, -0.05) is 11.6 Å². The van der Waals surface area contributed by atoms with Crippen LogP contribution in [-0.2, 0) is 5.92 Å². The standard InChI is InChI=1S/C7H6ClF2N/c1-7(9,10)6-4-5(8)2-3-11-6/h2-4H,1H3. The van der Waals surface area contributed by atoms with Crippen LogP contribution in [0.1, 0.15) is 12.6 Å². The second kappa shape index (κ2) is 2.74. The Morgan fingerprint density at radius 3 is 2.55 bits per heavy atom. The number of hydrogen-bond donors (Lipinski definition) is 0. The number of rotatable bonds is 1. The molecule has 0 saturated carbocycles. The van der Waals surface area contributed by atoms with E-state index < -0.39 is 5.92 Å². The van der Waals surface area contributed by atoms with E-state index in [4.69, 9.17) is 11.6 Å². The molecule has 1 heterocycles. The second-order valence-corrected chi connectivity index (χ2v) is 2.68. The van der Waals surface area contributed by atoms with Crippen molar-refractivity contribution in [2.45, 2.75) is 12.8 Å². The number of hydrogen-bond acceptors (Lipinski definition) is 1. The van der Waals surface area contributed by atoms with Crippen molar-refractivity contribution >= 4 is 11.6 Å². The molecule has 1 aromatic heterocycles. The van der Waals surface area contributed by atoms with Crippen molar-refractivity contribution in [1.29, 1.82) is 0 Å². The predicted molar refractivity (Wildman–Crippen MR) is 38.8 cm³/mol. The average Bonchev–Trinajstić information content (AvgIpc) is 1.86. The fourth-order valence-corrected chi connectivity index (χ4v) is 0.805. The molecule has 4 heteroatoms. The van der Waals surface area contributed by atoms with Gasteiger partial charge in [-0.2, -0.15) is 8.78 Å². The topological polar surface area (TPSA) is 12.9 Å². The van der Waals surface area contributed by atoms with Gasteiger partial charge in [0.1, 0.15) is 5.69 Å². The summed E-state index contributed by atoms with van der Waals surface area (Å²) in [5.41, 5.74) is -0.301. The average molecular weight is 178 g/mol. The van der Waals surface area contributed by atoms with Crippen molar-refractivity contribution in [3.05, 3.63) is 29.0 Å². The molecular weight excluding hydrogens is 172 g/mol. The van der Waals surface area contributed by atoms with Gasteiger partial charge in [-0.05, 0) is 12.1 Å². The molecule has 1 nitrogen and oxygen atoms in total. The molecule has 0 unspecified atom stereocenters. The third-order valence-corrected chi connectivity index (χ3v) is 1.41. The monoisotopic (exact) mass is 177 g/mol. The lowest BCUT2D eigenvalue weighted by atomic mass is 10.2. The molecule has 0 N–H and O–H groups in total. The van der Waals surface area contributed by atoms with E-state index in [1.807, 2.05) is 0 Å². The van der Waals surface area contributed by atoms with Crippen LogP contribution in [-0.4, -0.2) is 4.98 Å². The lowest BCUT2D eigenvalue weighted by Crippen LogP contribution is -2.08. The number of nitrogens with zero attached hydrogens (tertiary/aromatic N) is 1. The summed E-state index contributed by atoms with van der Waals surface area (Å²) in [6.45, 7) is 0.783. The summed E-state index contributed by atoms with van der Waals surface area (Å²) < 4.78 is 25.0. The van der Waals surface area contributed by atoms with Gasteiger partial charge in [0.05, 0.1) is 0 Å². The third kappa shape index (κ3) is 2.12. The van der Waals surface area contributed by atoms with E-state index >= 15 is 0 Å². The summed E-state index contributed by atoms with van der Waals surface area (Å²) in [6.07, 6.45) is 1.26. The maximum atomic E-state index is 12.5. The molecule has 0 bridgehead atoms. The Balaban J connectivity index is 3.06. The van der Waals surface area contributed by atoms with Crippen molar-refractivity contribution in [3.8, 4) is 0 Å². The zero-order valence-electron chi connectivity index (χ0n) is 5.81. The molecule has 0 atom stereocenters. The minimum absolute atomic E-state index is 0.275. The van der Waals surface area contributed by atoms with Crippen molar-refractivity contribution in [1.82, 2.24) is 4.98 Å². The number of pyridine rings is 1. The maximum Gasteiger partial charge on any atom is 0.287 e. The van der Waals surface area contributed by atoms with Crippen LogP contribution in [0.2, 0.25) is 5.02 Å². The lowest BCUT2D eigenvalue weighted by molar-refractivity contribution is 0.0128. The molecule has 0 spiro atoms. The van der Waals surface area contributed by atoms with Gasteiger partial charge >= 0.3 is 0 Å². The van der Waals surface area contributed by atoms with E-state index in [0.717, 1.165) is 13.0 Å². The van der Waals surface area contributed by atoms with Crippen LogP contribution in [0.3, 0.4) is 0 Å². The first-order chi connectivity index (χ1) is 5.00. The highest BCUT2D eigenvalue weighted by molar-refractivity contribution is 6.30. The van der Waals surface area contributed by atoms with Gasteiger partial charge in [-0.15, -0.1) is 0 Å². The summed E-state index contributed by atoms with van der Waals surface area (Å²) in [7, 11) is 0. The highest BCUT2D eigenvalue weighted by atomic mass is 35.5. The van der Waals surface area contributed by atoms with Crippen LogP contribution in [0.5, 0.6) is 0 Å². The second-order valence-electron chi connectivity index (χ2n) is 2.25. The van der Waals surface area contributed by atoms with Gasteiger partial charge in [0.2, 0.25) is 0 Å². The molecule has 0 aromatic carbocycles. The number of halogens is 3. The largest absolute Gasteiger partial charge is 0.287 e. The Bertz CT molecular complexity index is 257. The first-order valence-electron chi connectivity index (χ1n) is 3.00. The van der Waals surface area contributed by atoms with Gasteiger partial charge < -0.3 is 0 Å². The summed E-state index contributed by atoms with van der Waals surface area (Å²) in [6, 6.07) is 2.61. The zero-order chi connectivity index (χ0) is 8.48. The minimum Gasteiger partial charge on any atom is -0.255 e. The van der Waals surface area contributed by atoms with Crippen molar-refractivity contribution in [3.63, 3.8) is 0 Å². The van der Waals surface area contributed by atoms with E-state index in [2.05, 4.69) is 4.98 Å². The molecule has 0 saturated heterocycles. The molecule has 0 radical (unpaired) electrons. The Morgan fingerprint density at radius 1 is 1.55 bits per heavy atom. The smallest absolute Gasteiger partial charge is 0.255 e. The molecule has 0 amide bonds. The minimum atomic E-state index is -2.91. The van der Waals surface area contributed by atoms with Gasteiger partial charge in [-0.3, -0.25) is 4.98 Å². The number of aromatic nitrogens is 1. The fourth-order valence-electron chi connectivity index (χ4n) is 0.645. The van der Waals surface area contributed by atoms with E-state index in [-0.39, 0.29) is 10.7 Å². The van der Waals surface area contributed by atoms with E-state index in [0.29, 0.717) is 0 Å². The summed E-state index contributed by atoms with van der Waals surface area (Å²) >= 11 is 5.48. The highest BCUT2D eigenvalue weighted by Crippen LogP contribution is 2.26. The van der Waals surface area contributed by atoms with E-state index in [9.17, 15) is 8.78 Å². The molecular formula is C7H6ClF2N. The lowest BCUT2D eigenvalue weighted by Gasteiger charge is -2.08. The van der Waals surface area contributed by atoms with E-state index in [1.54, 1.807) is 0 Å². The molecule has 1 aromatic rings. The molecule has 1 rings (SSSR count). The quantitative estimate of drug-likeness (QED) is 0.643. The van der Waals surface area contributed by atoms with Crippen LogP contribution in [0, 0.1) is 0 Å². The van der Waals surface area contributed by atoms with Gasteiger partial charge in [0, 0.05) is 18.1 Å². The molecule has 0 aliphatic carbocycles. The SMILES string of the molecule is CC(F)(F)c1cc(Cl)ccn1. The molecule has 11 heavy (non-hydrogen) atoms. The van der Waals surface area contributed by atoms with Crippen molar-refractivity contribution in [2.24, 2.45) is 0 Å². The zero-order valence-corrected chi connectivity index (χ0v) is 6.57. The van der Waals surface area contributed by atoms with Crippen LogP contribution in [0.4, 0.5) is 8.78 Å². The van der Waals surface area contributed by atoms with Crippen molar-refractivity contribution < 1.29 is 8.78 Å². The normalized spacial score (nSPS) is 11.6. The first-order valence-corrected chi connectivity index (χ1v) is 3.38. The van der Waals surface area contributed by atoms with Crippen LogP contribution < -0.4 is 0 Å². The summed E-state index contributed by atoms with van der Waals surface area (Å²) in [5.74, 6) is -2.91. The van der Waals surface area contributed by atoms with Crippen LogP contribution >= 0.6 is 11.6 Å². The first kappa shape index (κ1) is 8.40. The van der Waals surface area contributed by atoms with Crippen molar-refractivity contribution in [2.75, 3.05) is 0 Å². The van der Waals surface area contributed by atoms with Gasteiger partial charge in [0.25, 0.3) is 5.92 Å². The Labute approximate surface area is 68.0 Å². The highest BCUT2D eigenvalue weighted by Gasteiger charge is 2.25. The van der Waals surface area contributed by atoms with Crippen LogP contribution in [0.25, 0.3) is 0 Å². The third-order valence-electron chi connectivity index (χ3n) is 1.17. The van der Waals surface area contributed by atoms with E-state index in [1.165, 1.54) is 12.3 Å². The molecule has 0 fully saturated rings. The number of alkyl halides is 2. The Morgan fingerprint density at radius 2 is 2.18 bits per heavy atom. The molecule has 0 aliphatic rings. The summed E-state index contributed by atoms with van der Waals surface area (Å²) in [5, 5.41) is 0.275. The van der Waals surface area contributed by atoms with Gasteiger partial charge in [0.15, 0.2) is 0 Å². The summed E-state index contributed by atoms with van der Waals surface area (Å²) in [4.78, 5) is 3.48. The van der Waals surface area contributed by atoms with Crippen LogP contribution in [0.15, 0.2) is 18.3 Å². The Kier molecular flexibility index (Phi) is 2.09. The maximum absolute atomic E-state index is 12.5. The fraction of sp³-hybridized carbons (Fsp3) is 0.286. The Hall–Kier alpha value is -0.700. The van der Waals surface area contributed by atoms with Gasteiger partial charge in [-0.25, -0.2) is 0 Å². The molecule has 60 valence electrons. The predicted octanol–water partition coefficient (Wildman–Crippen LogP) is 2.85.